The second kappa shape index (κ2) is 9.50. The average molecular weight is 399 g/mol. The molecule has 1 heterocycles. The Labute approximate surface area is 166 Å². The number of carbonyl (C=O) groups is 1. The number of hydrogen-bond donors (Lipinski definition) is 2. The Kier molecular flexibility index (Phi) is 6.57. The number of hydrogen-bond acceptors (Lipinski definition) is 5. The molecule has 0 bridgehead atoms. The third-order valence-corrected chi connectivity index (χ3v) is 3.94. The molecular formula is C21H19F2N3O3. The number of amides is 1. The fraction of sp³-hybridized carbons (Fsp3) is 0.143. The minimum absolute atomic E-state index is 0.175. The molecule has 0 aliphatic rings. The molecule has 0 saturated carbocycles. The van der Waals surface area contributed by atoms with Crippen molar-refractivity contribution >= 4 is 17.3 Å². The quantitative estimate of drug-likeness (QED) is 0.562. The first-order chi connectivity index (χ1) is 14.1. The van der Waals surface area contributed by atoms with Gasteiger partial charge in [-0.15, -0.1) is 0 Å². The fourth-order valence-corrected chi connectivity index (χ4v) is 2.46. The first-order valence-electron chi connectivity index (χ1n) is 8.79. The van der Waals surface area contributed by atoms with Gasteiger partial charge in [0.2, 0.25) is 0 Å². The lowest BCUT2D eigenvalue weighted by molar-refractivity contribution is 0.0942. The van der Waals surface area contributed by atoms with Gasteiger partial charge in [-0.2, -0.15) is 0 Å². The maximum absolute atomic E-state index is 13.7. The van der Waals surface area contributed by atoms with Crippen molar-refractivity contribution in [3.8, 4) is 11.5 Å². The number of rotatable bonds is 8. The van der Waals surface area contributed by atoms with Crippen LogP contribution in [0.5, 0.6) is 11.5 Å². The summed E-state index contributed by atoms with van der Waals surface area (Å²) in [5.41, 5.74) is 0.254. The van der Waals surface area contributed by atoms with Gasteiger partial charge in [0, 0.05) is 0 Å². The van der Waals surface area contributed by atoms with Crippen LogP contribution in [0.4, 0.5) is 20.2 Å². The van der Waals surface area contributed by atoms with E-state index in [9.17, 15) is 13.6 Å². The highest BCUT2D eigenvalue weighted by Gasteiger charge is 2.10. The van der Waals surface area contributed by atoms with Crippen LogP contribution in [-0.4, -0.2) is 31.2 Å². The van der Waals surface area contributed by atoms with E-state index in [0.717, 1.165) is 17.9 Å². The van der Waals surface area contributed by atoms with Crippen molar-refractivity contribution < 1.29 is 23.0 Å². The smallest absolute Gasteiger partial charge is 0.269 e. The number of anilines is 2. The number of nitrogens with zero attached hydrogens (tertiary/aromatic N) is 1. The van der Waals surface area contributed by atoms with Crippen LogP contribution in [-0.2, 0) is 0 Å². The number of pyridine rings is 1. The van der Waals surface area contributed by atoms with E-state index in [1.807, 2.05) is 0 Å². The van der Waals surface area contributed by atoms with Gasteiger partial charge in [-0.25, -0.2) is 13.8 Å². The molecule has 2 N–H and O–H groups in total. The van der Waals surface area contributed by atoms with Gasteiger partial charge in [-0.3, -0.25) is 4.79 Å². The molecule has 29 heavy (non-hydrogen) atoms. The normalized spacial score (nSPS) is 10.3. The van der Waals surface area contributed by atoms with Crippen molar-refractivity contribution in [2.24, 2.45) is 0 Å². The van der Waals surface area contributed by atoms with Gasteiger partial charge in [-0.05, 0) is 48.5 Å². The summed E-state index contributed by atoms with van der Waals surface area (Å²) in [5, 5.41) is 5.30. The summed E-state index contributed by atoms with van der Waals surface area (Å²) in [7, 11) is 1.58. The fourth-order valence-electron chi connectivity index (χ4n) is 2.46. The van der Waals surface area contributed by atoms with Crippen molar-refractivity contribution in [2.45, 2.75) is 0 Å². The van der Waals surface area contributed by atoms with Crippen molar-refractivity contribution in [3.05, 3.63) is 78.1 Å². The Morgan fingerprint density at radius 2 is 1.69 bits per heavy atom. The number of nitrogens with one attached hydrogen (secondary N) is 2. The van der Waals surface area contributed by atoms with Crippen LogP contribution in [0, 0.1) is 11.6 Å². The number of para-hydroxylation sites is 1. The van der Waals surface area contributed by atoms with Crippen LogP contribution >= 0.6 is 0 Å². The van der Waals surface area contributed by atoms with Gasteiger partial charge in [-0.1, -0.05) is 6.07 Å². The Balaban J connectivity index is 1.48. The zero-order chi connectivity index (χ0) is 20.6. The Bertz CT molecular complexity index is 944. The summed E-state index contributed by atoms with van der Waals surface area (Å²) in [4.78, 5) is 16.1. The second-order valence-corrected chi connectivity index (χ2v) is 5.93. The number of aromatic nitrogens is 1. The monoisotopic (exact) mass is 399 g/mol. The SMILES string of the molecule is COc1ccc(OCCNC(=O)c2ccc(Nc3c(F)cccc3F)cn2)cc1. The zero-order valence-electron chi connectivity index (χ0n) is 15.6. The third-order valence-electron chi connectivity index (χ3n) is 3.94. The molecule has 3 rings (SSSR count). The zero-order valence-corrected chi connectivity index (χ0v) is 15.6. The summed E-state index contributed by atoms with van der Waals surface area (Å²) in [5.74, 6) is -0.430. The molecule has 150 valence electrons. The first kappa shape index (κ1) is 20.1. The van der Waals surface area contributed by atoms with Crippen LogP contribution in [0.15, 0.2) is 60.8 Å². The summed E-state index contributed by atoms with van der Waals surface area (Å²) >= 11 is 0. The van der Waals surface area contributed by atoms with E-state index in [4.69, 9.17) is 9.47 Å². The molecule has 8 heteroatoms. The van der Waals surface area contributed by atoms with Crippen molar-refractivity contribution in [3.63, 3.8) is 0 Å². The van der Waals surface area contributed by atoms with Crippen LogP contribution < -0.4 is 20.1 Å². The van der Waals surface area contributed by atoms with E-state index in [1.165, 1.54) is 24.4 Å². The number of halogens is 2. The maximum Gasteiger partial charge on any atom is 0.269 e. The molecule has 0 unspecified atom stereocenters. The molecule has 0 saturated heterocycles. The molecule has 0 spiro atoms. The van der Waals surface area contributed by atoms with Crippen molar-refractivity contribution in [1.82, 2.24) is 10.3 Å². The Morgan fingerprint density at radius 1 is 1.00 bits per heavy atom. The van der Waals surface area contributed by atoms with Gasteiger partial charge in [0.15, 0.2) is 0 Å². The third kappa shape index (κ3) is 5.41. The van der Waals surface area contributed by atoms with Crippen molar-refractivity contribution in [2.75, 3.05) is 25.6 Å². The molecular weight excluding hydrogens is 380 g/mol. The average Bonchev–Trinajstić information content (AvgIpc) is 2.74. The lowest BCUT2D eigenvalue weighted by atomic mass is 10.2. The maximum atomic E-state index is 13.7. The highest BCUT2D eigenvalue weighted by Crippen LogP contribution is 2.22. The van der Waals surface area contributed by atoms with E-state index in [0.29, 0.717) is 11.4 Å². The molecule has 0 aliphatic heterocycles. The summed E-state index contributed by atoms with van der Waals surface area (Å²) in [6, 6.07) is 13.6. The van der Waals surface area contributed by atoms with E-state index in [-0.39, 0.29) is 30.4 Å². The number of methoxy groups -OCH3 is 1. The Hall–Kier alpha value is -3.68. The van der Waals surface area contributed by atoms with Crippen LogP contribution in [0.2, 0.25) is 0 Å². The highest BCUT2D eigenvalue weighted by molar-refractivity contribution is 5.92. The summed E-state index contributed by atoms with van der Waals surface area (Å²) in [6.45, 7) is 0.567. The minimum Gasteiger partial charge on any atom is -0.497 e. The number of ether oxygens (including phenoxy) is 2. The molecule has 2 aromatic carbocycles. The molecule has 1 aromatic heterocycles. The minimum atomic E-state index is -0.719. The van der Waals surface area contributed by atoms with Crippen LogP contribution in [0.25, 0.3) is 0 Å². The lowest BCUT2D eigenvalue weighted by Gasteiger charge is -2.10. The van der Waals surface area contributed by atoms with E-state index in [1.54, 1.807) is 31.4 Å². The molecule has 3 aromatic rings. The summed E-state index contributed by atoms with van der Waals surface area (Å²) in [6.07, 6.45) is 1.33. The first-order valence-corrected chi connectivity index (χ1v) is 8.79. The van der Waals surface area contributed by atoms with E-state index in [2.05, 4.69) is 15.6 Å². The topological polar surface area (TPSA) is 72.5 Å². The highest BCUT2D eigenvalue weighted by atomic mass is 19.1. The molecule has 1 amide bonds. The predicted octanol–water partition coefficient (Wildman–Crippen LogP) is 3.92. The standard InChI is InChI=1S/C21H19F2N3O3/c1-28-15-6-8-16(9-7-15)29-12-11-24-21(27)19-10-5-14(13-25-19)26-20-17(22)3-2-4-18(20)23/h2-10,13,26H,11-12H2,1H3,(H,24,27). The van der Waals surface area contributed by atoms with Gasteiger partial charge in [0.05, 0.1) is 25.5 Å². The number of benzene rings is 2. The number of carbonyl (C=O) groups excluding carboxylic acids is 1. The molecule has 6 nitrogen and oxygen atoms in total. The second-order valence-electron chi connectivity index (χ2n) is 5.93. The van der Waals surface area contributed by atoms with Crippen molar-refractivity contribution in [1.29, 1.82) is 0 Å². The van der Waals surface area contributed by atoms with E-state index >= 15 is 0 Å². The van der Waals surface area contributed by atoms with Crippen LogP contribution in [0.3, 0.4) is 0 Å². The summed E-state index contributed by atoms with van der Waals surface area (Å²) < 4.78 is 37.9. The molecule has 0 radical (unpaired) electrons. The van der Waals surface area contributed by atoms with Gasteiger partial charge < -0.3 is 20.1 Å². The van der Waals surface area contributed by atoms with Crippen LogP contribution in [0.1, 0.15) is 10.5 Å². The molecule has 0 aliphatic carbocycles. The van der Waals surface area contributed by atoms with Gasteiger partial charge in [0.25, 0.3) is 5.91 Å². The van der Waals surface area contributed by atoms with Gasteiger partial charge in [0.1, 0.15) is 41.1 Å². The molecule has 0 atom stereocenters. The molecule has 0 fully saturated rings. The largest absolute Gasteiger partial charge is 0.497 e. The Morgan fingerprint density at radius 3 is 2.31 bits per heavy atom. The van der Waals surface area contributed by atoms with Gasteiger partial charge >= 0.3 is 0 Å². The lowest BCUT2D eigenvalue weighted by Crippen LogP contribution is -2.28. The van der Waals surface area contributed by atoms with E-state index < -0.39 is 11.6 Å². The predicted molar refractivity (Wildman–Crippen MR) is 105 cm³/mol.